The van der Waals surface area contributed by atoms with E-state index < -0.39 is 38.1 Å². The Morgan fingerprint density at radius 3 is 2.48 bits per heavy atom. The average Bonchev–Trinajstić information content (AvgIpc) is 3.31. The van der Waals surface area contributed by atoms with E-state index in [4.69, 9.17) is 0 Å². The van der Waals surface area contributed by atoms with Crippen molar-refractivity contribution in [2.45, 2.75) is 29.4 Å². The zero-order valence-corrected chi connectivity index (χ0v) is 16.9. The van der Waals surface area contributed by atoms with Crippen LogP contribution in [0.4, 0.5) is 13.8 Å². The molecule has 0 saturated heterocycles. The molecule has 0 aliphatic carbocycles. The van der Waals surface area contributed by atoms with Crippen molar-refractivity contribution >= 4 is 37.9 Å². The maximum absolute atomic E-state index is 13.5. The Hall–Kier alpha value is -2.92. The van der Waals surface area contributed by atoms with Crippen LogP contribution in [0.25, 0.3) is 0 Å². The predicted octanol–water partition coefficient (Wildman–Crippen LogP) is 3.60. The molecule has 1 amide bonds. The Kier molecular flexibility index (Phi) is 5.62. The van der Waals surface area contributed by atoms with Crippen molar-refractivity contribution in [2.24, 2.45) is 0 Å². The van der Waals surface area contributed by atoms with Crippen LogP contribution in [0.2, 0.25) is 0 Å². The van der Waals surface area contributed by atoms with Crippen LogP contribution in [0.15, 0.2) is 39.4 Å². The Bertz CT molecular complexity index is 1220. The second kappa shape index (κ2) is 7.84. The predicted molar refractivity (Wildman–Crippen MR) is 102 cm³/mol. The van der Waals surface area contributed by atoms with Crippen molar-refractivity contribution < 1.29 is 26.8 Å². The Morgan fingerprint density at radius 1 is 1.17 bits per heavy atom. The number of hydrogen-bond donors (Lipinski definition) is 2. The molecule has 2 heterocycles. The molecule has 0 saturated carbocycles. The van der Waals surface area contributed by atoms with Gasteiger partial charge in [0.25, 0.3) is 5.91 Å². The second-order valence-electron chi connectivity index (χ2n) is 6.03. The lowest BCUT2D eigenvalue weighted by molar-refractivity contribution is 0.101. The maximum atomic E-state index is 13.5. The van der Waals surface area contributed by atoms with Crippen molar-refractivity contribution in [3.05, 3.63) is 58.9 Å². The largest absolute Gasteiger partial charge is 0.312 e. The summed E-state index contributed by atoms with van der Waals surface area (Å²) in [5.74, 6) is -3.59. The first kappa shape index (κ1) is 20.8. The van der Waals surface area contributed by atoms with Crippen molar-refractivity contribution in [3.8, 4) is 0 Å². The summed E-state index contributed by atoms with van der Waals surface area (Å²) >= 11 is 0.640. The molecule has 0 aliphatic rings. The van der Waals surface area contributed by atoms with Gasteiger partial charge in [0.2, 0.25) is 9.84 Å². The number of carbonyl (C=O) groups excluding carboxylic acids is 2. The number of nitrogens with zero attached hydrogens (tertiary/aromatic N) is 1. The second-order valence-corrected chi connectivity index (χ2v) is 9.26. The summed E-state index contributed by atoms with van der Waals surface area (Å²) in [5, 5.41) is 9.06. The van der Waals surface area contributed by atoms with Gasteiger partial charge in [-0.3, -0.25) is 14.7 Å². The van der Waals surface area contributed by atoms with Crippen LogP contribution in [-0.4, -0.2) is 30.3 Å². The molecule has 1 aromatic carbocycles. The fourth-order valence-electron chi connectivity index (χ4n) is 2.44. The number of rotatable bonds is 6. The number of aryl methyl sites for hydroxylation is 1. The molecule has 3 rings (SSSR count). The highest BCUT2D eigenvalue weighted by atomic mass is 32.2. The van der Waals surface area contributed by atoms with E-state index in [2.05, 4.69) is 15.5 Å². The molecular formula is C18H15F2N3O4S2. The molecule has 0 bridgehead atoms. The molecule has 0 fully saturated rings. The lowest BCUT2D eigenvalue weighted by Crippen LogP contribution is -2.13. The number of ketones is 1. The molecule has 2 aromatic heterocycles. The third kappa shape index (κ3) is 4.10. The fraction of sp³-hybridized carbons (Fsp3) is 0.167. The molecule has 2 N–H and O–H groups in total. The van der Waals surface area contributed by atoms with Crippen LogP contribution in [0, 0.1) is 11.6 Å². The van der Waals surface area contributed by atoms with E-state index in [-0.39, 0.29) is 20.5 Å². The zero-order chi connectivity index (χ0) is 21.3. The Labute approximate surface area is 168 Å². The van der Waals surface area contributed by atoms with Gasteiger partial charge in [-0.1, -0.05) is 6.92 Å². The number of carbonyl (C=O) groups is 2. The molecule has 0 radical (unpaired) electrons. The number of amides is 1. The molecule has 152 valence electrons. The highest BCUT2D eigenvalue weighted by molar-refractivity contribution is 7.93. The molecule has 3 aromatic rings. The smallest absolute Gasteiger partial charge is 0.276 e. The minimum Gasteiger partial charge on any atom is -0.312 e. The van der Waals surface area contributed by atoms with Gasteiger partial charge in [-0.15, -0.1) is 11.3 Å². The number of sulfone groups is 1. The quantitative estimate of drug-likeness (QED) is 0.451. The summed E-state index contributed by atoms with van der Waals surface area (Å²) in [4.78, 5) is 23.9. The number of thiophene rings is 1. The standard InChI is InChI=1S/C18H15F2N3O4S2/c1-3-10-6-15(23-22-10)17(25)21-18-12(9(2)24)8-16(28-18)29(26,27)11-4-5-13(19)14(20)7-11/h4-8H,3H2,1-2H3,(H,21,25)(H,22,23). The number of nitrogens with one attached hydrogen (secondary N) is 2. The van der Waals surface area contributed by atoms with Crippen molar-refractivity contribution in [1.82, 2.24) is 10.2 Å². The Morgan fingerprint density at radius 2 is 1.90 bits per heavy atom. The number of aromatic amines is 1. The van der Waals surface area contributed by atoms with Crippen LogP contribution >= 0.6 is 11.3 Å². The van der Waals surface area contributed by atoms with Crippen molar-refractivity contribution in [2.75, 3.05) is 5.32 Å². The average molecular weight is 439 g/mol. The van der Waals surface area contributed by atoms with Crippen LogP contribution in [-0.2, 0) is 16.3 Å². The normalized spacial score (nSPS) is 11.4. The van der Waals surface area contributed by atoms with E-state index in [1.165, 1.54) is 13.0 Å². The van der Waals surface area contributed by atoms with Gasteiger partial charge in [0, 0.05) is 5.69 Å². The maximum Gasteiger partial charge on any atom is 0.276 e. The molecule has 0 unspecified atom stereocenters. The minimum atomic E-state index is -4.23. The Balaban J connectivity index is 1.98. The number of Topliss-reactive ketones (excluding diaryl/α,β-unsaturated/α-hetero) is 1. The first-order valence-corrected chi connectivity index (χ1v) is 10.6. The minimum absolute atomic E-state index is 0.0178. The highest BCUT2D eigenvalue weighted by Gasteiger charge is 2.26. The van der Waals surface area contributed by atoms with Gasteiger partial charge in [-0.2, -0.15) is 5.10 Å². The molecule has 7 nitrogen and oxygen atoms in total. The van der Waals surface area contributed by atoms with Gasteiger partial charge in [0.05, 0.1) is 10.5 Å². The van der Waals surface area contributed by atoms with E-state index in [9.17, 15) is 26.8 Å². The third-order valence-corrected chi connectivity index (χ3v) is 7.30. The van der Waals surface area contributed by atoms with Gasteiger partial charge in [-0.25, -0.2) is 17.2 Å². The zero-order valence-electron chi connectivity index (χ0n) is 15.2. The van der Waals surface area contributed by atoms with Crippen molar-refractivity contribution in [3.63, 3.8) is 0 Å². The number of hydrogen-bond acceptors (Lipinski definition) is 6. The summed E-state index contributed by atoms with van der Waals surface area (Å²) in [6.07, 6.45) is 0.634. The third-order valence-electron chi connectivity index (χ3n) is 4.03. The first-order valence-electron chi connectivity index (χ1n) is 8.34. The number of H-pyrrole nitrogens is 1. The molecule has 0 spiro atoms. The van der Waals surface area contributed by atoms with Gasteiger partial charge < -0.3 is 5.32 Å². The molecule has 11 heteroatoms. The molecule has 0 aliphatic heterocycles. The number of aromatic nitrogens is 2. The van der Waals surface area contributed by atoms with Gasteiger partial charge in [0.15, 0.2) is 23.1 Å². The van der Waals surface area contributed by atoms with E-state index >= 15 is 0 Å². The molecule has 0 atom stereocenters. The fourth-order valence-corrected chi connectivity index (χ4v) is 5.26. The highest BCUT2D eigenvalue weighted by Crippen LogP contribution is 2.35. The number of benzene rings is 1. The monoisotopic (exact) mass is 439 g/mol. The van der Waals surface area contributed by atoms with Gasteiger partial charge in [0.1, 0.15) is 9.21 Å². The lowest BCUT2D eigenvalue weighted by atomic mass is 10.2. The topological polar surface area (TPSA) is 109 Å². The summed E-state index contributed by atoms with van der Waals surface area (Å²) in [6.45, 7) is 3.09. The van der Waals surface area contributed by atoms with E-state index in [1.54, 1.807) is 0 Å². The van der Waals surface area contributed by atoms with Gasteiger partial charge in [-0.05, 0) is 43.7 Å². The summed E-state index contributed by atoms with van der Waals surface area (Å²) < 4.78 is 51.8. The summed E-state index contributed by atoms with van der Waals surface area (Å²) in [5.41, 5.74) is 0.792. The summed E-state index contributed by atoms with van der Waals surface area (Å²) in [6, 6.07) is 4.82. The van der Waals surface area contributed by atoms with Crippen LogP contribution in [0.5, 0.6) is 0 Å². The number of anilines is 1. The van der Waals surface area contributed by atoms with E-state index in [0.29, 0.717) is 29.9 Å². The molecular weight excluding hydrogens is 424 g/mol. The first-order chi connectivity index (χ1) is 13.6. The van der Waals surface area contributed by atoms with E-state index in [0.717, 1.165) is 17.8 Å². The SMILES string of the molecule is CCc1cc(C(=O)Nc2sc(S(=O)(=O)c3ccc(F)c(F)c3)cc2C(C)=O)n[nH]1. The molecule has 29 heavy (non-hydrogen) atoms. The summed E-state index contributed by atoms with van der Waals surface area (Å²) in [7, 11) is -4.23. The van der Waals surface area contributed by atoms with Crippen LogP contribution < -0.4 is 5.32 Å². The van der Waals surface area contributed by atoms with Gasteiger partial charge >= 0.3 is 0 Å². The van der Waals surface area contributed by atoms with Crippen LogP contribution in [0.1, 0.15) is 40.4 Å². The van der Waals surface area contributed by atoms with Crippen LogP contribution in [0.3, 0.4) is 0 Å². The van der Waals surface area contributed by atoms with E-state index in [1.807, 2.05) is 6.92 Å². The van der Waals surface area contributed by atoms with Crippen molar-refractivity contribution in [1.29, 1.82) is 0 Å². The lowest BCUT2D eigenvalue weighted by Gasteiger charge is -2.03. The number of halogens is 2.